The number of halogens is 1. The Hall–Kier alpha value is -2.53. The van der Waals surface area contributed by atoms with Gasteiger partial charge >= 0.3 is 0 Å². The third kappa shape index (κ3) is 7.28. The molecule has 0 aliphatic heterocycles. The van der Waals surface area contributed by atoms with E-state index in [2.05, 4.69) is 11.4 Å². The third-order valence-electron chi connectivity index (χ3n) is 5.05. The maximum Gasteiger partial charge on any atom is 0.261 e. The summed E-state index contributed by atoms with van der Waals surface area (Å²) in [5.74, 6) is 0.214. The van der Waals surface area contributed by atoms with E-state index in [0.29, 0.717) is 10.8 Å². The summed E-state index contributed by atoms with van der Waals surface area (Å²) >= 11 is 5.99. The highest BCUT2D eigenvalue weighted by molar-refractivity contribution is 6.30. The number of hydrogen-bond donors (Lipinski definition) is 1. The number of rotatable bonds is 7. The number of nitrogens with zero attached hydrogens (tertiary/aromatic N) is 1. The van der Waals surface area contributed by atoms with Gasteiger partial charge in [-0.15, -0.1) is 0 Å². The molecule has 2 amide bonds. The summed E-state index contributed by atoms with van der Waals surface area (Å²) in [4.78, 5) is 27.5. The lowest BCUT2D eigenvalue weighted by atomic mass is 10.1. The Balaban J connectivity index is 2.22. The summed E-state index contributed by atoms with van der Waals surface area (Å²) in [5.41, 5.74) is 3.67. The van der Waals surface area contributed by atoms with E-state index in [1.807, 2.05) is 59.7 Å². The van der Waals surface area contributed by atoms with Crippen molar-refractivity contribution in [2.75, 3.05) is 6.61 Å². The van der Waals surface area contributed by atoms with Crippen molar-refractivity contribution in [3.8, 4) is 5.75 Å². The molecule has 0 aromatic heterocycles. The Bertz CT molecular complexity index is 933. The lowest BCUT2D eigenvalue weighted by molar-refractivity contribution is -0.142. The van der Waals surface area contributed by atoms with Gasteiger partial charge in [0.2, 0.25) is 5.91 Å². The number of aryl methyl sites for hydroxylation is 2. The topological polar surface area (TPSA) is 58.6 Å². The predicted octanol–water partition coefficient (Wildman–Crippen LogP) is 4.98. The minimum atomic E-state index is -0.661. The molecule has 0 heterocycles. The number of nitrogens with one attached hydrogen (secondary N) is 1. The van der Waals surface area contributed by atoms with Gasteiger partial charge in [-0.05, 0) is 88.9 Å². The molecule has 2 rings (SSSR count). The summed E-state index contributed by atoms with van der Waals surface area (Å²) in [7, 11) is 0. The second kappa shape index (κ2) is 10.2. The lowest BCUT2D eigenvalue weighted by Gasteiger charge is -2.31. The fourth-order valence-corrected chi connectivity index (χ4v) is 3.34. The molecule has 168 valence electrons. The van der Waals surface area contributed by atoms with Gasteiger partial charge < -0.3 is 15.0 Å². The van der Waals surface area contributed by atoms with Crippen molar-refractivity contribution in [2.24, 2.45) is 0 Å². The Morgan fingerprint density at radius 1 is 1.10 bits per heavy atom. The summed E-state index contributed by atoms with van der Waals surface area (Å²) in [6.45, 7) is 13.6. The van der Waals surface area contributed by atoms with E-state index in [1.54, 1.807) is 24.0 Å². The van der Waals surface area contributed by atoms with Crippen molar-refractivity contribution in [2.45, 2.75) is 66.6 Å². The SMILES string of the molecule is Cc1cc(C)c(C)c(OCC(=O)N(Cc2ccc(Cl)cc2)[C@@H](C)C(=O)NC(C)(C)C)c1. The summed E-state index contributed by atoms with van der Waals surface area (Å²) in [5, 5.41) is 3.57. The molecule has 2 aromatic carbocycles. The number of carbonyl (C=O) groups excluding carboxylic acids is 2. The molecular formula is C25H33ClN2O3. The van der Waals surface area contributed by atoms with Crippen molar-refractivity contribution in [1.82, 2.24) is 10.2 Å². The van der Waals surface area contributed by atoms with Crippen LogP contribution in [-0.2, 0) is 16.1 Å². The Kier molecular flexibility index (Phi) is 8.13. The van der Waals surface area contributed by atoms with Crippen molar-refractivity contribution < 1.29 is 14.3 Å². The minimum absolute atomic E-state index is 0.148. The molecular weight excluding hydrogens is 412 g/mol. The summed E-state index contributed by atoms with van der Waals surface area (Å²) in [6.07, 6.45) is 0. The number of amides is 2. The summed E-state index contributed by atoms with van der Waals surface area (Å²) in [6, 6.07) is 10.6. The van der Waals surface area contributed by atoms with Gasteiger partial charge in [0.05, 0.1) is 0 Å². The van der Waals surface area contributed by atoms with Gasteiger partial charge in [0, 0.05) is 17.1 Å². The lowest BCUT2D eigenvalue weighted by Crippen LogP contribution is -2.53. The van der Waals surface area contributed by atoms with Crippen LogP contribution in [-0.4, -0.2) is 34.9 Å². The zero-order valence-electron chi connectivity index (χ0n) is 19.5. The van der Waals surface area contributed by atoms with Gasteiger partial charge in [-0.2, -0.15) is 0 Å². The van der Waals surface area contributed by atoms with Crippen LogP contribution in [0.25, 0.3) is 0 Å². The first-order valence-electron chi connectivity index (χ1n) is 10.4. The monoisotopic (exact) mass is 444 g/mol. The zero-order chi connectivity index (χ0) is 23.3. The largest absolute Gasteiger partial charge is 0.483 e. The van der Waals surface area contributed by atoms with E-state index >= 15 is 0 Å². The second-order valence-electron chi connectivity index (χ2n) is 9.06. The maximum atomic E-state index is 13.2. The van der Waals surface area contributed by atoms with Crippen LogP contribution >= 0.6 is 11.6 Å². The normalized spacial score (nSPS) is 12.3. The first-order valence-corrected chi connectivity index (χ1v) is 10.8. The molecule has 0 saturated carbocycles. The van der Waals surface area contributed by atoms with E-state index in [4.69, 9.17) is 16.3 Å². The average Bonchev–Trinajstić information content (AvgIpc) is 2.67. The number of carbonyl (C=O) groups is 2. The average molecular weight is 445 g/mol. The fourth-order valence-electron chi connectivity index (χ4n) is 3.22. The van der Waals surface area contributed by atoms with Crippen LogP contribution in [0.2, 0.25) is 5.02 Å². The molecule has 0 spiro atoms. The molecule has 2 aromatic rings. The van der Waals surface area contributed by atoms with E-state index in [1.165, 1.54) is 0 Å². The third-order valence-corrected chi connectivity index (χ3v) is 5.30. The number of hydrogen-bond acceptors (Lipinski definition) is 3. The van der Waals surface area contributed by atoms with Crippen LogP contribution in [0.5, 0.6) is 5.75 Å². The zero-order valence-corrected chi connectivity index (χ0v) is 20.3. The van der Waals surface area contributed by atoms with Crippen LogP contribution in [0, 0.1) is 20.8 Å². The highest BCUT2D eigenvalue weighted by Gasteiger charge is 2.28. The molecule has 0 bridgehead atoms. The van der Waals surface area contributed by atoms with Crippen molar-refractivity contribution in [3.05, 3.63) is 63.7 Å². The van der Waals surface area contributed by atoms with Gasteiger partial charge in [-0.3, -0.25) is 9.59 Å². The molecule has 1 N–H and O–H groups in total. The molecule has 0 aliphatic carbocycles. The Labute approximate surface area is 190 Å². The summed E-state index contributed by atoms with van der Waals surface area (Å²) < 4.78 is 5.88. The van der Waals surface area contributed by atoms with Gasteiger partial charge in [-0.25, -0.2) is 0 Å². The molecule has 0 saturated heterocycles. The quantitative estimate of drug-likeness (QED) is 0.655. The van der Waals surface area contributed by atoms with Crippen molar-refractivity contribution in [1.29, 1.82) is 0 Å². The van der Waals surface area contributed by atoms with Gasteiger partial charge in [0.25, 0.3) is 5.91 Å². The predicted molar refractivity (Wildman–Crippen MR) is 126 cm³/mol. The smallest absolute Gasteiger partial charge is 0.261 e. The fraction of sp³-hybridized carbons (Fsp3) is 0.440. The molecule has 0 unspecified atom stereocenters. The van der Waals surface area contributed by atoms with E-state index < -0.39 is 11.6 Å². The van der Waals surface area contributed by atoms with Crippen LogP contribution in [0.15, 0.2) is 36.4 Å². The van der Waals surface area contributed by atoms with Crippen LogP contribution in [0.1, 0.15) is 49.9 Å². The van der Waals surface area contributed by atoms with Crippen LogP contribution < -0.4 is 10.1 Å². The molecule has 0 fully saturated rings. The van der Waals surface area contributed by atoms with Crippen molar-refractivity contribution >= 4 is 23.4 Å². The van der Waals surface area contributed by atoms with E-state index in [0.717, 1.165) is 22.3 Å². The Morgan fingerprint density at radius 3 is 2.29 bits per heavy atom. The maximum absolute atomic E-state index is 13.2. The highest BCUT2D eigenvalue weighted by atomic mass is 35.5. The first kappa shape index (κ1) is 24.7. The molecule has 6 heteroatoms. The van der Waals surface area contributed by atoms with Gasteiger partial charge in [0.15, 0.2) is 6.61 Å². The molecule has 31 heavy (non-hydrogen) atoms. The molecule has 1 atom stereocenters. The second-order valence-corrected chi connectivity index (χ2v) is 9.49. The van der Waals surface area contributed by atoms with E-state index in [-0.39, 0.29) is 25.0 Å². The van der Waals surface area contributed by atoms with E-state index in [9.17, 15) is 9.59 Å². The Morgan fingerprint density at radius 2 is 1.71 bits per heavy atom. The van der Waals surface area contributed by atoms with Crippen LogP contribution in [0.4, 0.5) is 0 Å². The van der Waals surface area contributed by atoms with Gasteiger partial charge in [0.1, 0.15) is 11.8 Å². The standard InChI is InChI=1S/C25H33ClN2O3/c1-16-12-17(2)18(3)22(13-16)31-15-23(29)28(14-20-8-10-21(26)11-9-20)19(4)24(30)27-25(5,6)7/h8-13,19H,14-15H2,1-7H3,(H,27,30)/t19-/m0/s1. The molecule has 5 nitrogen and oxygen atoms in total. The molecule has 0 aliphatic rings. The molecule has 0 radical (unpaired) electrons. The number of benzene rings is 2. The minimum Gasteiger partial charge on any atom is -0.483 e. The van der Waals surface area contributed by atoms with Crippen molar-refractivity contribution in [3.63, 3.8) is 0 Å². The van der Waals surface area contributed by atoms with Crippen LogP contribution in [0.3, 0.4) is 0 Å². The first-order chi connectivity index (χ1) is 14.4. The highest BCUT2D eigenvalue weighted by Crippen LogP contribution is 2.23. The van der Waals surface area contributed by atoms with Gasteiger partial charge in [-0.1, -0.05) is 29.8 Å². The number of ether oxygens (including phenoxy) is 1.